The molecule has 1 unspecified atom stereocenters. The number of thiophene rings is 1. The minimum atomic E-state index is 0.259. The smallest absolute Gasteiger partial charge is 0.0768 e. The molecule has 4 heteroatoms. The lowest BCUT2D eigenvalue weighted by Crippen LogP contribution is -2.31. The summed E-state index contributed by atoms with van der Waals surface area (Å²) in [5, 5.41) is 3.60. The number of fused-ring (bicyclic) bond motifs is 1. The third kappa shape index (κ3) is 3.07. The summed E-state index contributed by atoms with van der Waals surface area (Å²) in [7, 11) is 2.11. The molecule has 1 atom stereocenters. The third-order valence-electron chi connectivity index (χ3n) is 3.07. The first-order valence-electron chi connectivity index (χ1n) is 6.01. The Labute approximate surface area is 117 Å². The van der Waals surface area contributed by atoms with Gasteiger partial charge in [-0.3, -0.25) is 0 Å². The molecule has 0 amide bonds. The summed E-state index contributed by atoms with van der Waals surface area (Å²) in [5.74, 6) is 0.259. The van der Waals surface area contributed by atoms with Crippen LogP contribution in [0.5, 0.6) is 0 Å². The van der Waals surface area contributed by atoms with Gasteiger partial charge in [-0.1, -0.05) is 37.3 Å². The van der Waals surface area contributed by atoms with Crippen molar-refractivity contribution >= 4 is 38.6 Å². The van der Waals surface area contributed by atoms with Crippen LogP contribution in [0.4, 0.5) is 0 Å². The summed E-state index contributed by atoms with van der Waals surface area (Å²) in [6.07, 6.45) is 0. The van der Waals surface area contributed by atoms with E-state index < -0.39 is 0 Å². The Morgan fingerprint density at radius 1 is 1.44 bits per heavy atom. The van der Waals surface area contributed by atoms with E-state index in [9.17, 15) is 0 Å². The predicted molar refractivity (Wildman–Crippen MR) is 84.1 cm³/mol. The zero-order valence-electron chi connectivity index (χ0n) is 10.7. The van der Waals surface area contributed by atoms with Crippen LogP contribution in [-0.2, 0) is 6.54 Å². The van der Waals surface area contributed by atoms with E-state index in [0.29, 0.717) is 4.99 Å². The van der Waals surface area contributed by atoms with Gasteiger partial charge in [0.2, 0.25) is 0 Å². The normalized spacial score (nSPS) is 13.1. The van der Waals surface area contributed by atoms with Crippen LogP contribution in [-0.4, -0.2) is 23.5 Å². The van der Waals surface area contributed by atoms with Gasteiger partial charge in [0.25, 0.3) is 0 Å². The van der Waals surface area contributed by atoms with Crippen molar-refractivity contribution < 1.29 is 0 Å². The molecule has 1 heterocycles. The number of hydrogen-bond donors (Lipinski definition) is 1. The van der Waals surface area contributed by atoms with Crippen molar-refractivity contribution in [3.8, 4) is 0 Å². The van der Waals surface area contributed by atoms with Gasteiger partial charge in [0.1, 0.15) is 0 Å². The maximum absolute atomic E-state index is 5.66. The Hall–Kier alpha value is -0.970. The fraction of sp³-hybridized carbons (Fsp3) is 0.357. The van der Waals surface area contributed by atoms with Gasteiger partial charge in [-0.15, -0.1) is 11.3 Å². The maximum atomic E-state index is 5.66. The van der Waals surface area contributed by atoms with Crippen LogP contribution in [0.15, 0.2) is 29.6 Å². The third-order valence-corrected chi connectivity index (χ3v) is 4.49. The molecule has 0 bridgehead atoms. The fourth-order valence-electron chi connectivity index (χ4n) is 2.07. The summed E-state index contributed by atoms with van der Waals surface area (Å²) in [5.41, 5.74) is 7.04. The highest BCUT2D eigenvalue weighted by atomic mass is 32.1. The molecule has 0 aliphatic heterocycles. The van der Waals surface area contributed by atoms with E-state index in [1.807, 2.05) is 0 Å². The Morgan fingerprint density at radius 2 is 2.17 bits per heavy atom. The summed E-state index contributed by atoms with van der Waals surface area (Å²) in [6, 6.07) is 8.53. The molecule has 0 aliphatic carbocycles. The second-order valence-electron chi connectivity index (χ2n) is 4.76. The Kier molecular flexibility index (Phi) is 4.32. The van der Waals surface area contributed by atoms with E-state index in [-0.39, 0.29) is 5.92 Å². The van der Waals surface area contributed by atoms with Crippen molar-refractivity contribution in [2.75, 3.05) is 13.6 Å². The SMILES string of the molecule is CC(CN(C)Cc1csc2ccccc12)C(N)=S. The van der Waals surface area contributed by atoms with E-state index in [1.165, 1.54) is 15.6 Å². The van der Waals surface area contributed by atoms with Crippen molar-refractivity contribution in [2.24, 2.45) is 11.7 Å². The number of thiocarbonyl (C=S) groups is 1. The van der Waals surface area contributed by atoms with Crippen LogP contribution in [0.3, 0.4) is 0 Å². The minimum Gasteiger partial charge on any atom is -0.393 e. The van der Waals surface area contributed by atoms with Crippen molar-refractivity contribution in [3.63, 3.8) is 0 Å². The average Bonchev–Trinajstić information content (AvgIpc) is 2.72. The van der Waals surface area contributed by atoms with Crippen molar-refractivity contribution in [3.05, 3.63) is 35.2 Å². The number of rotatable bonds is 5. The topological polar surface area (TPSA) is 29.3 Å². The number of hydrogen-bond acceptors (Lipinski definition) is 3. The zero-order valence-corrected chi connectivity index (χ0v) is 12.4. The van der Waals surface area contributed by atoms with Crippen molar-refractivity contribution in [1.82, 2.24) is 4.90 Å². The molecule has 1 aromatic heterocycles. The van der Waals surface area contributed by atoms with Gasteiger partial charge in [-0.2, -0.15) is 0 Å². The summed E-state index contributed by atoms with van der Waals surface area (Å²) >= 11 is 6.82. The Morgan fingerprint density at radius 3 is 2.89 bits per heavy atom. The lowest BCUT2D eigenvalue weighted by atomic mass is 10.1. The number of nitrogens with two attached hydrogens (primary N) is 1. The highest BCUT2D eigenvalue weighted by molar-refractivity contribution is 7.80. The molecule has 2 nitrogen and oxygen atoms in total. The lowest BCUT2D eigenvalue weighted by molar-refractivity contribution is 0.309. The Bertz CT molecular complexity index is 547. The Balaban J connectivity index is 2.07. The fourth-order valence-corrected chi connectivity index (χ4v) is 3.10. The molecule has 18 heavy (non-hydrogen) atoms. The highest BCUT2D eigenvalue weighted by Crippen LogP contribution is 2.26. The largest absolute Gasteiger partial charge is 0.393 e. The van der Waals surface area contributed by atoms with Crippen molar-refractivity contribution in [1.29, 1.82) is 0 Å². The number of nitrogens with zero attached hydrogens (tertiary/aromatic N) is 1. The second kappa shape index (κ2) is 5.78. The second-order valence-corrected chi connectivity index (χ2v) is 6.14. The molecular formula is C14H18N2S2. The van der Waals surface area contributed by atoms with Gasteiger partial charge in [-0.05, 0) is 29.4 Å². The minimum absolute atomic E-state index is 0.259. The van der Waals surface area contributed by atoms with E-state index >= 15 is 0 Å². The van der Waals surface area contributed by atoms with Crippen LogP contribution in [0.1, 0.15) is 12.5 Å². The molecule has 0 aliphatic rings. The first-order valence-corrected chi connectivity index (χ1v) is 7.29. The molecular weight excluding hydrogens is 260 g/mol. The lowest BCUT2D eigenvalue weighted by Gasteiger charge is -2.20. The molecule has 0 radical (unpaired) electrons. The van der Waals surface area contributed by atoms with Crippen LogP contribution >= 0.6 is 23.6 Å². The molecule has 0 fully saturated rings. The molecule has 2 aromatic rings. The summed E-state index contributed by atoms with van der Waals surface area (Å²) < 4.78 is 1.35. The highest BCUT2D eigenvalue weighted by Gasteiger charge is 2.11. The van der Waals surface area contributed by atoms with Gasteiger partial charge >= 0.3 is 0 Å². The number of benzene rings is 1. The maximum Gasteiger partial charge on any atom is 0.0768 e. The molecule has 0 saturated carbocycles. The van der Waals surface area contributed by atoms with Gasteiger partial charge in [0.15, 0.2) is 0 Å². The zero-order chi connectivity index (χ0) is 13.1. The summed E-state index contributed by atoms with van der Waals surface area (Å²) in [6.45, 7) is 3.92. The first kappa shape index (κ1) is 13.5. The molecule has 0 saturated heterocycles. The van der Waals surface area contributed by atoms with Crippen molar-refractivity contribution in [2.45, 2.75) is 13.5 Å². The van der Waals surface area contributed by atoms with Crippen LogP contribution in [0.2, 0.25) is 0 Å². The van der Waals surface area contributed by atoms with Crippen LogP contribution < -0.4 is 5.73 Å². The van der Waals surface area contributed by atoms with Crippen LogP contribution in [0.25, 0.3) is 10.1 Å². The standard InChI is InChI=1S/C14H18N2S2/c1-10(14(15)17)7-16(2)8-11-9-18-13-6-4-3-5-12(11)13/h3-6,9-10H,7-8H2,1-2H3,(H2,15,17). The van der Waals surface area contributed by atoms with Crippen LogP contribution in [0, 0.1) is 5.92 Å². The molecule has 2 N–H and O–H groups in total. The van der Waals surface area contributed by atoms with Gasteiger partial charge < -0.3 is 10.6 Å². The van der Waals surface area contributed by atoms with E-state index in [2.05, 4.69) is 48.5 Å². The van der Waals surface area contributed by atoms with Gasteiger partial charge in [0.05, 0.1) is 4.99 Å². The summed E-state index contributed by atoms with van der Waals surface area (Å²) in [4.78, 5) is 2.87. The van der Waals surface area contributed by atoms with E-state index in [4.69, 9.17) is 18.0 Å². The molecule has 96 valence electrons. The monoisotopic (exact) mass is 278 g/mol. The quantitative estimate of drug-likeness (QED) is 0.851. The average molecular weight is 278 g/mol. The predicted octanol–water partition coefficient (Wildman–Crippen LogP) is 3.26. The first-order chi connectivity index (χ1) is 8.58. The van der Waals surface area contributed by atoms with Gasteiger partial charge in [0, 0.05) is 23.7 Å². The molecule has 2 rings (SSSR count). The van der Waals surface area contributed by atoms with Gasteiger partial charge in [-0.25, -0.2) is 0 Å². The van der Waals surface area contributed by atoms with E-state index in [1.54, 1.807) is 11.3 Å². The molecule has 1 aromatic carbocycles. The van der Waals surface area contributed by atoms with E-state index in [0.717, 1.165) is 13.1 Å². The molecule has 0 spiro atoms.